The van der Waals surface area contributed by atoms with Crippen LogP contribution in [0.15, 0.2) is 72.3 Å². The van der Waals surface area contributed by atoms with Crippen LogP contribution >= 0.6 is 11.3 Å². The lowest BCUT2D eigenvalue weighted by atomic mass is 9.95. The number of carbonyl (C=O) groups is 3. The van der Waals surface area contributed by atoms with Crippen molar-refractivity contribution in [3.8, 4) is 17.2 Å². The van der Waals surface area contributed by atoms with E-state index < -0.39 is 29.5 Å². The molecule has 11 heteroatoms. The van der Waals surface area contributed by atoms with E-state index >= 15 is 0 Å². The minimum absolute atomic E-state index is 0.0729. The quantitative estimate of drug-likeness (QED) is 0.103. The van der Waals surface area contributed by atoms with Crippen molar-refractivity contribution in [2.24, 2.45) is 0 Å². The fraction of sp³-hybridized carbons (Fsp3) is 0.212. The molecule has 1 amide bonds. The number of aryl methyl sites for hydroxylation is 2. The van der Waals surface area contributed by atoms with Crippen molar-refractivity contribution >= 4 is 39.9 Å². The lowest BCUT2D eigenvalue weighted by Crippen LogP contribution is -2.29. The van der Waals surface area contributed by atoms with Gasteiger partial charge in [-0.25, -0.2) is 9.78 Å². The Labute approximate surface area is 257 Å². The lowest BCUT2D eigenvalue weighted by Gasteiger charge is -2.23. The molecule has 0 saturated carbocycles. The van der Waals surface area contributed by atoms with Crippen molar-refractivity contribution < 1.29 is 38.8 Å². The molecule has 5 rings (SSSR count). The third-order valence-electron chi connectivity index (χ3n) is 7.20. The number of phenolic OH excluding ortho intramolecular Hbond substituents is 1. The number of nitrogens with zero attached hydrogens (tertiary/aromatic N) is 2. The zero-order chi connectivity index (χ0) is 31.5. The van der Waals surface area contributed by atoms with Gasteiger partial charge in [-0.2, -0.15) is 0 Å². The van der Waals surface area contributed by atoms with E-state index in [4.69, 9.17) is 14.2 Å². The maximum absolute atomic E-state index is 13.6. The van der Waals surface area contributed by atoms with E-state index in [0.717, 1.165) is 27.4 Å². The van der Waals surface area contributed by atoms with Gasteiger partial charge >= 0.3 is 11.9 Å². The van der Waals surface area contributed by atoms with E-state index in [1.165, 1.54) is 25.3 Å². The maximum atomic E-state index is 13.6. The van der Waals surface area contributed by atoms with Crippen LogP contribution in [0.3, 0.4) is 0 Å². The van der Waals surface area contributed by atoms with Gasteiger partial charge in [0.15, 0.2) is 16.6 Å². The highest BCUT2D eigenvalue weighted by molar-refractivity contribution is 7.17. The molecule has 44 heavy (non-hydrogen) atoms. The molecule has 226 valence electrons. The van der Waals surface area contributed by atoms with Crippen molar-refractivity contribution in [3.05, 3.63) is 105 Å². The van der Waals surface area contributed by atoms with Crippen LogP contribution in [0.2, 0.25) is 0 Å². The smallest absolute Gasteiger partial charge is 0.350 e. The van der Waals surface area contributed by atoms with E-state index in [1.54, 1.807) is 38.1 Å². The number of Topliss-reactive ketones (excluding diaryl/α,β-unsaturated/α-hetero) is 1. The molecule has 1 aliphatic heterocycles. The fourth-order valence-electron chi connectivity index (χ4n) is 4.88. The minimum Gasteiger partial charge on any atom is -0.507 e. The standard InChI is InChI=1S/C33H30N2O8S/c1-5-42-32(40)30-19(3)34-33(44-30)35-27(21-12-15-24(36)25(16-21)41-4)26(29(38)31(35)39)28(37)20-10-13-23(14-11-20)43-17-22-9-7-6-8-18(22)2/h6-16,27,36-37H,5,17H2,1-4H3/b28-26+. The summed E-state index contributed by atoms with van der Waals surface area (Å²) in [7, 11) is 1.37. The first-order chi connectivity index (χ1) is 21.1. The largest absolute Gasteiger partial charge is 0.507 e. The molecule has 0 spiro atoms. The Morgan fingerprint density at radius 1 is 1.05 bits per heavy atom. The van der Waals surface area contributed by atoms with Crippen LogP contribution in [0.5, 0.6) is 17.2 Å². The summed E-state index contributed by atoms with van der Waals surface area (Å²) in [5.74, 6) is -2.38. The van der Waals surface area contributed by atoms with Gasteiger partial charge in [0.25, 0.3) is 5.78 Å². The monoisotopic (exact) mass is 614 g/mol. The van der Waals surface area contributed by atoms with Crippen LogP contribution in [0.4, 0.5) is 5.13 Å². The number of esters is 1. The molecule has 1 atom stereocenters. The number of ether oxygens (including phenoxy) is 3. The Hall–Kier alpha value is -5.16. The van der Waals surface area contributed by atoms with E-state index in [0.29, 0.717) is 23.6 Å². The van der Waals surface area contributed by atoms with Crippen molar-refractivity contribution in [3.63, 3.8) is 0 Å². The number of rotatable bonds is 9. The first kappa shape index (κ1) is 30.3. The molecule has 0 aliphatic carbocycles. The van der Waals surface area contributed by atoms with Crippen LogP contribution in [0.1, 0.15) is 50.6 Å². The molecule has 0 radical (unpaired) electrons. The lowest BCUT2D eigenvalue weighted by molar-refractivity contribution is -0.132. The second-order valence-corrected chi connectivity index (χ2v) is 10.9. The number of ketones is 1. The Morgan fingerprint density at radius 2 is 1.77 bits per heavy atom. The minimum atomic E-state index is -1.15. The number of hydrogen-bond donors (Lipinski definition) is 2. The van der Waals surface area contributed by atoms with Crippen LogP contribution in [-0.4, -0.2) is 46.6 Å². The van der Waals surface area contributed by atoms with Crippen molar-refractivity contribution in [2.45, 2.75) is 33.4 Å². The number of aliphatic hydroxyl groups excluding tert-OH is 1. The van der Waals surface area contributed by atoms with Gasteiger partial charge in [0.05, 0.1) is 31.0 Å². The Kier molecular flexibility index (Phi) is 8.68. The number of methoxy groups -OCH3 is 1. The molecule has 1 saturated heterocycles. The number of benzene rings is 3. The molecule has 1 aromatic heterocycles. The predicted octanol–water partition coefficient (Wildman–Crippen LogP) is 5.86. The Bertz CT molecular complexity index is 1780. The fourth-order valence-corrected chi connectivity index (χ4v) is 5.87. The molecule has 4 aromatic rings. The Morgan fingerprint density at radius 3 is 2.45 bits per heavy atom. The van der Waals surface area contributed by atoms with Crippen molar-refractivity contribution in [1.82, 2.24) is 4.98 Å². The van der Waals surface area contributed by atoms with Crippen molar-refractivity contribution in [2.75, 3.05) is 18.6 Å². The molecular formula is C33H30N2O8S. The maximum Gasteiger partial charge on any atom is 0.350 e. The highest BCUT2D eigenvalue weighted by Crippen LogP contribution is 2.45. The van der Waals surface area contributed by atoms with Gasteiger partial charge in [0.2, 0.25) is 0 Å². The van der Waals surface area contributed by atoms with Gasteiger partial charge in [-0.15, -0.1) is 0 Å². The summed E-state index contributed by atoms with van der Waals surface area (Å²) in [5.41, 5.74) is 2.92. The normalized spacial score (nSPS) is 15.8. The summed E-state index contributed by atoms with van der Waals surface area (Å²) < 4.78 is 16.3. The molecule has 1 aliphatic rings. The topological polar surface area (TPSA) is 135 Å². The Balaban J connectivity index is 1.56. The first-order valence-corrected chi connectivity index (χ1v) is 14.6. The van der Waals surface area contributed by atoms with Gasteiger partial charge < -0.3 is 24.4 Å². The summed E-state index contributed by atoms with van der Waals surface area (Å²) in [4.78, 5) is 45.4. The molecular weight excluding hydrogens is 584 g/mol. The van der Waals surface area contributed by atoms with Gasteiger partial charge in [0.1, 0.15) is 23.0 Å². The third kappa shape index (κ3) is 5.73. The number of aliphatic hydroxyl groups is 1. The van der Waals surface area contributed by atoms with E-state index in [9.17, 15) is 24.6 Å². The molecule has 3 aromatic carbocycles. The second kappa shape index (κ2) is 12.6. The summed E-state index contributed by atoms with van der Waals surface area (Å²) in [6.07, 6.45) is 0. The summed E-state index contributed by atoms with van der Waals surface area (Å²) in [6, 6.07) is 17.6. The zero-order valence-corrected chi connectivity index (χ0v) is 25.3. The number of aromatic hydroxyl groups is 1. The van der Waals surface area contributed by atoms with Crippen LogP contribution in [0, 0.1) is 13.8 Å². The second-order valence-electron chi connectivity index (χ2n) is 9.97. The molecule has 1 unspecified atom stereocenters. The van der Waals surface area contributed by atoms with Gasteiger partial charge in [-0.05, 0) is 73.9 Å². The number of hydrogen-bond acceptors (Lipinski definition) is 10. The zero-order valence-electron chi connectivity index (χ0n) is 24.5. The van der Waals surface area contributed by atoms with E-state index in [2.05, 4.69) is 4.98 Å². The summed E-state index contributed by atoms with van der Waals surface area (Å²) >= 11 is 0.904. The highest BCUT2D eigenvalue weighted by atomic mass is 32.1. The van der Waals surface area contributed by atoms with Gasteiger partial charge in [-0.1, -0.05) is 41.7 Å². The number of aromatic nitrogens is 1. The SMILES string of the molecule is CCOC(=O)c1sc(N2C(=O)C(=O)/C(=C(/O)c3ccc(OCc4ccccc4C)cc3)C2c2ccc(O)c(OC)c2)nc1C. The number of carbonyl (C=O) groups excluding carboxylic acids is 3. The molecule has 0 bridgehead atoms. The molecule has 1 fully saturated rings. The number of thiazole rings is 1. The molecule has 2 heterocycles. The number of anilines is 1. The molecule has 10 nitrogen and oxygen atoms in total. The average Bonchev–Trinajstić information content (AvgIpc) is 3.53. The predicted molar refractivity (Wildman–Crippen MR) is 164 cm³/mol. The van der Waals surface area contributed by atoms with Crippen LogP contribution < -0.4 is 14.4 Å². The first-order valence-electron chi connectivity index (χ1n) is 13.7. The highest BCUT2D eigenvalue weighted by Gasteiger charge is 2.48. The van der Waals surface area contributed by atoms with Crippen LogP contribution in [-0.2, 0) is 20.9 Å². The number of amides is 1. The number of phenols is 1. The average molecular weight is 615 g/mol. The van der Waals surface area contributed by atoms with Gasteiger partial charge in [-0.3, -0.25) is 14.5 Å². The molecule has 2 N–H and O–H groups in total. The summed E-state index contributed by atoms with van der Waals surface area (Å²) in [5, 5.41) is 21.8. The van der Waals surface area contributed by atoms with E-state index in [1.807, 2.05) is 31.2 Å². The van der Waals surface area contributed by atoms with Crippen LogP contribution in [0.25, 0.3) is 5.76 Å². The van der Waals surface area contributed by atoms with Crippen molar-refractivity contribution in [1.29, 1.82) is 0 Å². The summed E-state index contributed by atoms with van der Waals surface area (Å²) in [6.45, 7) is 5.78. The van der Waals surface area contributed by atoms with Gasteiger partial charge in [0, 0.05) is 5.56 Å². The van der Waals surface area contributed by atoms with E-state index in [-0.39, 0.29) is 39.3 Å². The third-order valence-corrected chi connectivity index (χ3v) is 8.34.